The molecule has 0 aliphatic carbocycles. The Balaban J connectivity index is 1.86. The third-order valence-corrected chi connectivity index (χ3v) is 3.91. The standard InChI is InChI=1S/C20H16ClNO4/c1-24-16-8-9-18(25-2)14(11-16)12-17-20(23)26-19(22-17)10-5-13-3-6-15(21)7-4-13/h3-12H,1-2H3. The van der Waals surface area contributed by atoms with Gasteiger partial charge in [-0.15, -0.1) is 0 Å². The van der Waals surface area contributed by atoms with Crippen molar-refractivity contribution in [3.63, 3.8) is 0 Å². The van der Waals surface area contributed by atoms with E-state index in [-0.39, 0.29) is 11.6 Å². The normalized spacial score (nSPS) is 15.3. The summed E-state index contributed by atoms with van der Waals surface area (Å²) in [7, 11) is 3.13. The highest BCUT2D eigenvalue weighted by Gasteiger charge is 2.21. The summed E-state index contributed by atoms with van der Waals surface area (Å²) in [6, 6.07) is 12.6. The summed E-state index contributed by atoms with van der Waals surface area (Å²) < 4.78 is 15.7. The Morgan fingerprint density at radius 2 is 1.81 bits per heavy atom. The van der Waals surface area contributed by atoms with Crippen LogP contribution in [0.3, 0.4) is 0 Å². The molecule has 2 aromatic carbocycles. The summed E-state index contributed by atoms with van der Waals surface area (Å²) in [5, 5.41) is 0.657. The monoisotopic (exact) mass is 369 g/mol. The van der Waals surface area contributed by atoms with E-state index in [1.807, 2.05) is 12.1 Å². The van der Waals surface area contributed by atoms with Crippen molar-refractivity contribution in [1.82, 2.24) is 0 Å². The average Bonchev–Trinajstić information content (AvgIpc) is 3.00. The second-order valence-corrected chi connectivity index (χ2v) is 5.80. The molecule has 0 aromatic heterocycles. The number of hydrogen-bond acceptors (Lipinski definition) is 5. The maximum Gasteiger partial charge on any atom is 0.363 e. The lowest BCUT2D eigenvalue weighted by molar-refractivity contribution is -0.129. The van der Waals surface area contributed by atoms with E-state index in [9.17, 15) is 4.79 Å². The zero-order valence-corrected chi connectivity index (χ0v) is 15.0. The molecule has 0 saturated heterocycles. The van der Waals surface area contributed by atoms with Gasteiger partial charge in [0, 0.05) is 16.7 Å². The zero-order chi connectivity index (χ0) is 18.5. The van der Waals surface area contributed by atoms with Gasteiger partial charge < -0.3 is 14.2 Å². The number of methoxy groups -OCH3 is 2. The summed E-state index contributed by atoms with van der Waals surface area (Å²) in [6.07, 6.45) is 5.02. The molecule has 0 spiro atoms. The number of carbonyl (C=O) groups is 1. The van der Waals surface area contributed by atoms with Crippen LogP contribution in [0.15, 0.2) is 59.2 Å². The predicted molar refractivity (Wildman–Crippen MR) is 102 cm³/mol. The minimum atomic E-state index is -0.523. The Kier molecular flexibility index (Phi) is 5.39. The van der Waals surface area contributed by atoms with Crippen LogP contribution in [-0.4, -0.2) is 26.1 Å². The molecule has 0 saturated carbocycles. The third-order valence-electron chi connectivity index (χ3n) is 3.65. The zero-order valence-electron chi connectivity index (χ0n) is 14.2. The maximum absolute atomic E-state index is 12.1. The lowest BCUT2D eigenvalue weighted by Gasteiger charge is -2.07. The van der Waals surface area contributed by atoms with E-state index in [1.165, 1.54) is 0 Å². The van der Waals surface area contributed by atoms with E-state index < -0.39 is 5.97 Å². The Labute approximate surface area is 156 Å². The van der Waals surface area contributed by atoms with Gasteiger partial charge in [0.25, 0.3) is 0 Å². The van der Waals surface area contributed by atoms with Crippen LogP contribution in [0, 0.1) is 0 Å². The van der Waals surface area contributed by atoms with E-state index >= 15 is 0 Å². The van der Waals surface area contributed by atoms with Crippen LogP contribution in [0.2, 0.25) is 5.02 Å². The Morgan fingerprint density at radius 3 is 2.50 bits per heavy atom. The van der Waals surface area contributed by atoms with Crippen molar-refractivity contribution in [2.24, 2.45) is 4.99 Å². The fourth-order valence-electron chi connectivity index (χ4n) is 2.34. The first-order chi connectivity index (χ1) is 12.6. The van der Waals surface area contributed by atoms with Gasteiger partial charge in [-0.3, -0.25) is 0 Å². The van der Waals surface area contributed by atoms with E-state index in [0.717, 1.165) is 5.56 Å². The summed E-state index contributed by atoms with van der Waals surface area (Å²) in [4.78, 5) is 16.3. The first-order valence-corrected chi connectivity index (χ1v) is 8.15. The van der Waals surface area contributed by atoms with Crippen molar-refractivity contribution < 1.29 is 19.0 Å². The van der Waals surface area contributed by atoms with E-state index in [2.05, 4.69) is 4.99 Å². The van der Waals surface area contributed by atoms with Crippen molar-refractivity contribution in [2.75, 3.05) is 14.2 Å². The number of ether oxygens (including phenoxy) is 3. The Hall–Kier alpha value is -3.05. The smallest absolute Gasteiger partial charge is 0.363 e. The lowest BCUT2D eigenvalue weighted by atomic mass is 10.1. The van der Waals surface area contributed by atoms with Crippen molar-refractivity contribution in [3.05, 3.63) is 70.4 Å². The predicted octanol–water partition coefficient (Wildman–Crippen LogP) is 4.37. The number of hydrogen-bond donors (Lipinski definition) is 0. The largest absolute Gasteiger partial charge is 0.497 e. The number of benzene rings is 2. The minimum absolute atomic E-state index is 0.187. The topological polar surface area (TPSA) is 57.1 Å². The molecular weight excluding hydrogens is 354 g/mol. The van der Waals surface area contributed by atoms with Crippen molar-refractivity contribution in [1.29, 1.82) is 0 Å². The maximum atomic E-state index is 12.1. The molecule has 1 aliphatic rings. The van der Waals surface area contributed by atoms with Gasteiger partial charge in [-0.05, 0) is 48.0 Å². The van der Waals surface area contributed by atoms with Gasteiger partial charge in [0.1, 0.15) is 11.5 Å². The van der Waals surface area contributed by atoms with Crippen molar-refractivity contribution in [2.45, 2.75) is 0 Å². The molecule has 0 N–H and O–H groups in total. The average molecular weight is 370 g/mol. The number of aliphatic imine (C=N–C) groups is 1. The lowest BCUT2D eigenvalue weighted by Crippen LogP contribution is -2.01. The quantitative estimate of drug-likeness (QED) is 0.580. The van der Waals surface area contributed by atoms with Crippen LogP contribution in [0.1, 0.15) is 11.1 Å². The van der Waals surface area contributed by atoms with Crippen molar-refractivity contribution in [3.8, 4) is 11.5 Å². The molecule has 0 atom stereocenters. The second-order valence-electron chi connectivity index (χ2n) is 5.36. The van der Waals surface area contributed by atoms with Gasteiger partial charge in [0.2, 0.25) is 5.90 Å². The number of halogens is 1. The molecule has 0 radical (unpaired) electrons. The number of nitrogens with zero attached hydrogens (tertiary/aromatic N) is 1. The van der Waals surface area contributed by atoms with Crippen LogP contribution in [0.5, 0.6) is 11.5 Å². The van der Waals surface area contributed by atoms with E-state index in [4.69, 9.17) is 25.8 Å². The molecule has 132 valence electrons. The second kappa shape index (κ2) is 7.89. The molecule has 0 amide bonds. The van der Waals surface area contributed by atoms with E-state index in [0.29, 0.717) is 22.1 Å². The molecule has 0 unspecified atom stereocenters. The molecule has 3 rings (SSSR count). The van der Waals surface area contributed by atoms with Gasteiger partial charge in [0.15, 0.2) is 5.70 Å². The molecule has 1 aliphatic heterocycles. The van der Waals surface area contributed by atoms with Gasteiger partial charge in [-0.25, -0.2) is 9.79 Å². The van der Waals surface area contributed by atoms with Crippen LogP contribution >= 0.6 is 11.6 Å². The van der Waals surface area contributed by atoms with E-state index in [1.54, 1.807) is 62.8 Å². The molecule has 26 heavy (non-hydrogen) atoms. The Bertz CT molecular complexity index is 914. The SMILES string of the molecule is COc1ccc(OC)c(C=C2N=C(C=Cc3ccc(Cl)cc3)OC2=O)c1. The molecule has 1 heterocycles. The molecule has 6 heteroatoms. The van der Waals surface area contributed by atoms with Crippen LogP contribution in [0.25, 0.3) is 12.2 Å². The summed E-state index contributed by atoms with van der Waals surface area (Å²) >= 11 is 5.86. The van der Waals surface area contributed by atoms with Crippen LogP contribution in [0.4, 0.5) is 0 Å². The highest BCUT2D eigenvalue weighted by molar-refractivity contribution is 6.30. The Morgan fingerprint density at radius 1 is 1.04 bits per heavy atom. The van der Waals surface area contributed by atoms with Crippen LogP contribution < -0.4 is 9.47 Å². The first kappa shape index (κ1) is 17.8. The van der Waals surface area contributed by atoms with Crippen molar-refractivity contribution >= 4 is 35.6 Å². The number of rotatable bonds is 5. The molecule has 0 bridgehead atoms. The number of carbonyl (C=O) groups excluding carboxylic acids is 1. The first-order valence-electron chi connectivity index (χ1n) is 7.77. The number of cyclic esters (lactones) is 1. The molecular formula is C20H16ClNO4. The van der Waals surface area contributed by atoms with Gasteiger partial charge in [-0.1, -0.05) is 23.7 Å². The van der Waals surface area contributed by atoms with Gasteiger partial charge in [-0.2, -0.15) is 0 Å². The molecule has 5 nitrogen and oxygen atoms in total. The fraction of sp³-hybridized carbons (Fsp3) is 0.100. The summed E-state index contributed by atoms with van der Waals surface area (Å²) in [6.45, 7) is 0. The molecule has 2 aromatic rings. The number of esters is 1. The summed E-state index contributed by atoms with van der Waals surface area (Å²) in [5.74, 6) is 0.950. The fourth-order valence-corrected chi connectivity index (χ4v) is 2.46. The highest BCUT2D eigenvalue weighted by Crippen LogP contribution is 2.27. The highest BCUT2D eigenvalue weighted by atomic mass is 35.5. The van der Waals surface area contributed by atoms with Gasteiger partial charge in [0.05, 0.1) is 14.2 Å². The minimum Gasteiger partial charge on any atom is -0.497 e. The third kappa shape index (κ3) is 4.13. The summed E-state index contributed by atoms with van der Waals surface area (Å²) in [5.41, 5.74) is 1.78. The molecule has 0 fully saturated rings. The van der Waals surface area contributed by atoms with Gasteiger partial charge >= 0.3 is 5.97 Å². The van der Waals surface area contributed by atoms with Crippen LogP contribution in [-0.2, 0) is 9.53 Å².